The molecule has 9 aromatic carbocycles. The zero-order valence-corrected chi connectivity index (χ0v) is 29.9. The van der Waals surface area contributed by atoms with Gasteiger partial charge in [-0.2, -0.15) is 0 Å². The van der Waals surface area contributed by atoms with Gasteiger partial charge in [0.05, 0.1) is 10.8 Å². The minimum atomic E-state index is -0.521. The molecule has 0 amide bonds. The molecule has 1 heteroatoms. The van der Waals surface area contributed by atoms with Crippen molar-refractivity contribution >= 4 is 10.8 Å². The molecule has 13 rings (SSSR count). The molecule has 0 saturated heterocycles. The van der Waals surface area contributed by atoms with E-state index in [9.17, 15) is 0 Å². The highest BCUT2D eigenvalue weighted by molar-refractivity contribution is 6.06. The van der Waals surface area contributed by atoms with Gasteiger partial charge in [-0.05, 0) is 107 Å². The van der Waals surface area contributed by atoms with Crippen molar-refractivity contribution in [3.8, 4) is 56.0 Å². The second-order valence-electron chi connectivity index (χ2n) is 15.4. The molecule has 254 valence electrons. The lowest BCUT2D eigenvalue weighted by Crippen LogP contribution is -2.32. The number of hydrogen-bond acceptors (Lipinski definition) is 1. The summed E-state index contributed by atoms with van der Waals surface area (Å²) in [5.74, 6) is 1.82. The number of fused-ring (bicyclic) bond motifs is 21. The third kappa shape index (κ3) is 3.42. The van der Waals surface area contributed by atoms with Crippen LogP contribution in [0.4, 0.5) is 0 Å². The molecule has 1 unspecified atom stereocenters. The fourth-order valence-corrected chi connectivity index (χ4v) is 11.2. The molecule has 0 radical (unpaired) electrons. The highest BCUT2D eigenvalue weighted by Gasteiger charge is 2.54. The van der Waals surface area contributed by atoms with Crippen LogP contribution in [-0.2, 0) is 10.8 Å². The zero-order chi connectivity index (χ0) is 35.9. The summed E-state index contributed by atoms with van der Waals surface area (Å²) in [5.41, 5.74) is 19.7. The van der Waals surface area contributed by atoms with Crippen molar-refractivity contribution < 1.29 is 4.74 Å². The van der Waals surface area contributed by atoms with E-state index in [0.29, 0.717) is 0 Å². The maximum Gasteiger partial charge on any atom is 0.132 e. The van der Waals surface area contributed by atoms with Gasteiger partial charge in [0.15, 0.2) is 0 Å². The number of ether oxygens (including phenoxy) is 1. The zero-order valence-electron chi connectivity index (χ0n) is 29.9. The van der Waals surface area contributed by atoms with E-state index in [0.717, 1.165) is 11.5 Å². The van der Waals surface area contributed by atoms with Gasteiger partial charge in [-0.15, -0.1) is 0 Å². The van der Waals surface area contributed by atoms with Crippen molar-refractivity contribution in [1.29, 1.82) is 0 Å². The molecule has 4 aliphatic rings. The van der Waals surface area contributed by atoms with Crippen LogP contribution in [0.25, 0.3) is 55.3 Å². The normalized spacial score (nSPS) is 16.7. The Balaban J connectivity index is 1.12. The predicted octanol–water partition coefficient (Wildman–Crippen LogP) is 13.3. The second-order valence-corrected chi connectivity index (χ2v) is 15.4. The van der Waals surface area contributed by atoms with Gasteiger partial charge < -0.3 is 4.74 Å². The lowest BCUT2D eigenvalue weighted by molar-refractivity contribution is 0.436. The van der Waals surface area contributed by atoms with Crippen LogP contribution in [0.3, 0.4) is 0 Å². The SMILES string of the molecule is c1ccc2c(c1)Oc1ccc(-c3cccc4c3-c3ccccc3C43c4ccccc4-c4ccc5ccccc5c43)cc1C21c2ccccc2-c2ccccc21. The van der Waals surface area contributed by atoms with E-state index >= 15 is 0 Å². The fraction of sp³-hybridized carbons (Fsp3) is 0.0370. The van der Waals surface area contributed by atoms with Crippen LogP contribution in [-0.4, -0.2) is 0 Å². The van der Waals surface area contributed by atoms with Crippen LogP contribution in [0, 0.1) is 0 Å². The van der Waals surface area contributed by atoms with Gasteiger partial charge in [0, 0.05) is 11.1 Å². The Morgan fingerprint density at radius 2 is 0.836 bits per heavy atom. The molecular formula is C54H32O. The van der Waals surface area contributed by atoms with Crippen molar-refractivity contribution in [2.75, 3.05) is 0 Å². The lowest BCUT2D eigenvalue weighted by atomic mass is 9.65. The Kier molecular flexibility index (Phi) is 5.56. The molecule has 3 aliphatic carbocycles. The van der Waals surface area contributed by atoms with Gasteiger partial charge in [0.25, 0.3) is 0 Å². The summed E-state index contributed by atoms with van der Waals surface area (Å²) < 4.78 is 6.83. The minimum absolute atomic E-state index is 0.449. The monoisotopic (exact) mass is 696 g/mol. The summed E-state index contributed by atoms with van der Waals surface area (Å²) >= 11 is 0. The van der Waals surface area contributed by atoms with Gasteiger partial charge in [-0.1, -0.05) is 176 Å². The van der Waals surface area contributed by atoms with E-state index in [2.05, 4.69) is 194 Å². The molecule has 9 aromatic rings. The molecular weight excluding hydrogens is 665 g/mol. The molecule has 0 fully saturated rings. The highest BCUT2D eigenvalue weighted by atomic mass is 16.5. The minimum Gasteiger partial charge on any atom is -0.457 e. The summed E-state index contributed by atoms with van der Waals surface area (Å²) in [7, 11) is 0. The van der Waals surface area contributed by atoms with Gasteiger partial charge in [0.2, 0.25) is 0 Å². The van der Waals surface area contributed by atoms with Crippen LogP contribution in [0.15, 0.2) is 194 Å². The predicted molar refractivity (Wildman–Crippen MR) is 223 cm³/mol. The third-order valence-corrected chi connectivity index (χ3v) is 13.2. The Morgan fingerprint density at radius 1 is 0.309 bits per heavy atom. The summed E-state index contributed by atoms with van der Waals surface area (Å²) in [6.45, 7) is 0. The number of hydrogen-bond donors (Lipinski definition) is 0. The van der Waals surface area contributed by atoms with Gasteiger partial charge in [-0.25, -0.2) is 0 Å². The molecule has 0 bridgehead atoms. The summed E-state index contributed by atoms with van der Waals surface area (Å²) in [6.07, 6.45) is 0. The molecule has 55 heavy (non-hydrogen) atoms. The molecule has 1 nitrogen and oxygen atoms in total. The second kappa shape index (κ2) is 10.4. The van der Waals surface area contributed by atoms with Gasteiger partial charge in [0.1, 0.15) is 11.5 Å². The first-order valence-electron chi connectivity index (χ1n) is 19.3. The maximum atomic E-state index is 6.83. The standard InChI is InChI=1S/C54H32O/c1-2-15-36-33(14-1)28-30-40-39-18-5-9-23-44(39)54(52(36)40)45-24-10-6-19-41(45)51-35(20-13-26-47(51)54)34-29-31-50-48(32-34)53(46-25-11-12-27-49(46)55-50)42-21-7-3-16-37(42)38-17-4-8-22-43(38)53/h1-32H. The van der Waals surface area contributed by atoms with Crippen LogP contribution < -0.4 is 4.74 Å². The molecule has 0 N–H and O–H groups in total. The molecule has 1 aliphatic heterocycles. The smallest absolute Gasteiger partial charge is 0.132 e. The van der Waals surface area contributed by atoms with Crippen molar-refractivity contribution in [2.24, 2.45) is 0 Å². The Morgan fingerprint density at radius 3 is 1.58 bits per heavy atom. The van der Waals surface area contributed by atoms with E-state index in [1.807, 2.05) is 0 Å². The van der Waals surface area contributed by atoms with Crippen molar-refractivity contribution in [3.63, 3.8) is 0 Å². The largest absolute Gasteiger partial charge is 0.457 e. The third-order valence-electron chi connectivity index (χ3n) is 13.2. The van der Waals surface area contributed by atoms with Gasteiger partial charge >= 0.3 is 0 Å². The Labute approximate surface area is 319 Å². The Bertz CT molecular complexity index is 3100. The first kappa shape index (κ1) is 29.5. The summed E-state index contributed by atoms with van der Waals surface area (Å²) in [6, 6.07) is 72.4. The topological polar surface area (TPSA) is 9.23 Å². The fourth-order valence-electron chi connectivity index (χ4n) is 11.2. The molecule has 1 atom stereocenters. The Hall–Kier alpha value is -6.96. The molecule has 0 saturated carbocycles. The van der Waals surface area contributed by atoms with Crippen molar-refractivity contribution in [1.82, 2.24) is 0 Å². The average molecular weight is 697 g/mol. The number of rotatable bonds is 1. The maximum absolute atomic E-state index is 6.83. The van der Waals surface area contributed by atoms with E-state index in [4.69, 9.17) is 4.74 Å². The van der Waals surface area contributed by atoms with Crippen LogP contribution in [0.1, 0.15) is 44.5 Å². The average Bonchev–Trinajstić information content (AvgIpc) is 3.84. The van der Waals surface area contributed by atoms with Crippen LogP contribution in [0.5, 0.6) is 11.5 Å². The van der Waals surface area contributed by atoms with Gasteiger partial charge in [-0.3, -0.25) is 0 Å². The first-order chi connectivity index (χ1) is 27.3. The first-order valence-corrected chi connectivity index (χ1v) is 19.3. The van der Waals surface area contributed by atoms with Crippen LogP contribution in [0.2, 0.25) is 0 Å². The molecule has 0 aromatic heterocycles. The number of benzene rings is 9. The van der Waals surface area contributed by atoms with E-state index in [1.165, 1.54) is 99.8 Å². The molecule has 2 spiro atoms. The van der Waals surface area contributed by atoms with Crippen molar-refractivity contribution in [3.05, 3.63) is 239 Å². The lowest BCUT2D eigenvalue weighted by Gasteiger charge is -2.39. The summed E-state index contributed by atoms with van der Waals surface area (Å²) in [4.78, 5) is 0. The van der Waals surface area contributed by atoms with E-state index in [-0.39, 0.29) is 0 Å². The van der Waals surface area contributed by atoms with E-state index in [1.54, 1.807) is 0 Å². The quantitative estimate of drug-likeness (QED) is 0.166. The van der Waals surface area contributed by atoms with E-state index < -0.39 is 10.8 Å². The van der Waals surface area contributed by atoms with Crippen molar-refractivity contribution in [2.45, 2.75) is 10.8 Å². The molecule has 1 heterocycles. The highest BCUT2D eigenvalue weighted by Crippen LogP contribution is 2.66. The number of para-hydroxylation sites is 1. The van der Waals surface area contributed by atoms with Crippen LogP contribution >= 0.6 is 0 Å². The summed E-state index contributed by atoms with van der Waals surface area (Å²) in [5, 5.41) is 2.59.